The number of aliphatic imine (C=N–C) groups is 1. The lowest BCUT2D eigenvalue weighted by atomic mass is 10.1. The monoisotopic (exact) mass is 270 g/mol. The predicted octanol–water partition coefficient (Wildman–Crippen LogP) is 3.77. The van der Waals surface area contributed by atoms with Crippen molar-refractivity contribution < 1.29 is 13.2 Å². The molecule has 0 saturated heterocycles. The van der Waals surface area contributed by atoms with Crippen LogP contribution in [0, 0.1) is 0 Å². The Kier molecular flexibility index (Phi) is 4.45. The highest BCUT2D eigenvalue weighted by Gasteiger charge is 2.30. The maximum absolute atomic E-state index is 12.6. The molecule has 0 saturated carbocycles. The van der Waals surface area contributed by atoms with Crippen LogP contribution in [0.3, 0.4) is 0 Å². The van der Waals surface area contributed by atoms with Crippen molar-refractivity contribution in [3.8, 4) is 0 Å². The largest absolute Gasteiger partial charge is 0.416 e. The highest BCUT2D eigenvalue weighted by molar-refractivity contribution is 5.82. The number of benzene rings is 1. The first-order chi connectivity index (χ1) is 9.05. The number of hydrogen-bond acceptors (Lipinski definition) is 2. The van der Waals surface area contributed by atoms with Crippen molar-refractivity contribution in [2.24, 2.45) is 4.99 Å². The van der Waals surface area contributed by atoms with E-state index in [2.05, 4.69) is 10.3 Å². The van der Waals surface area contributed by atoms with E-state index in [0.717, 1.165) is 44.1 Å². The minimum atomic E-state index is -4.28. The van der Waals surface area contributed by atoms with Crippen LogP contribution in [-0.2, 0) is 12.7 Å². The summed E-state index contributed by atoms with van der Waals surface area (Å²) in [4.78, 5) is 4.39. The van der Waals surface area contributed by atoms with Crippen LogP contribution >= 0.6 is 0 Å². The number of nitrogens with zero attached hydrogens (tertiary/aromatic N) is 1. The van der Waals surface area contributed by atoms with Gasteiger partial charge in [0, 0.05) is 19.5 Å². The standard InChI is InChI=1S/C14H17F3N2/c15-14(16,17)12-6-4-5-11(9-12)10-19-13-7-2-1-3-8-18-13/h4-6,9H,1-3,7-8,10H2,(H,18,19). The Bertz CT molecular complexity index is 452. The van der Waals surface area contributed by atoms with E-state index in [-0.39, 0.29) is 0 Å². The van der Waals surface area contributed by atoms with E-state index in [1.165, 1.54) is 12.1 Å². The third-order valence-corrected chi connectivity index (χ3v) is 3.13. The molecular formula is C14H17F3N2. The summed E-state index contributed by atoms with van der Waals surface area (Å²) < 4.78 is 37.7. The maximum Gasteiger partial charge on any atom is 0.416 e. The zero-order valence-corrected chi connectivity index (χ0v) is 10.6. The topological polar surface area (TPSA) is 24.4 Å². The van der Waals surface area contributed by atoms with Crippen molar-refractivity contribution in [1.29, 1.82) is 0 Å². The molecule has 19 heavy (non-hydrogen) atoms. The van der Waals surface area contributed by atoms with Gasteiger partial charge in [-0.3, -0.25) is 4.99 Å². The Balaban J connectivity index is 1.97. The maximum atomic E-state index is 12.6. The van der Waals surface area contributed by atoms with Crippen molar-refractivity contribution in [3.05, 3.63) is 35.4 Å². The van der Waals surface area contributed by atoms with E-state index in [4.69, 9.17) is 0 Å². The lowest BCUT2D eigenvalue weighted by Gasteiger charge is -2.11. The summed E-state index contributed by atoms with van der Waals surface area (Å²) >= 11 is 0. The molecule has 0 fully saturated rings. The lowest BCUT2D eigenvalue weighted by Crippen LogP contribution is -2.22. The van der Waals surface area contributed by atoms with Gasteiger partial charge in [0.25, 0.3) is 0 Å². The van der Waals surface area contributed by atoms with E-state index < -0.39 is 11.7 Å². The summed E-state index contributed by atoms with van der Waals surface area (Å²) in [7, 11) is 0. The molecule has 1 aromatic carbocycles. The number of rotatable bonds is 2. The molecule has 104 valence electrons. The smallest absolute Gasteiger partial charge is 0.370 e. The van der Waals surface area contributed by atoms with Crippen LogP contribution in [0.15, 0.2) is 29.3 Å². The first kappa shape index (κ1) is 13.9. The second kappa shape index (κ2) is 6.08. The Hall–Kier alpha value is -1.52. The lowest BCUT2D eigenvalue weighted by molar-refractivity contribution is -0.137. The van der Waals surface area contributed by atoms with Crippen LogP contribution in [0.25, 0.3) is 0 Å². The van der Waals surface area contributed by atoms with Crippen LogP contribution in [0.5, 0.6) is 0 Å². The molecule has 0 aromatic heterocycles. The SMILES string of the molecule is FC(F)(F)c1cccc(CNC2=NCCCCC2)c1. The van der Waals surface area contributed by atoms with E-state index in [1.54, 1.807) is 6.07 Å². The molecule has 0 bridgehead atoms. The molecule has 2 rings (SSSR count). The molecule has 1 aliphatic rings. The number of nitrogens with one attached hydrogen (secondary N) is 1. The summed E-state index contributed by atoms with van der Waals surface area (Å²) in [5.41, 5.74) is 0.0244. The van der Waals surface area contributed by atoms with Crippen LogP contribution in [0.2, 0.25) is 0 Å². The van der Waals surface area contributed by atoms with Gasteiger partial charge in [0.15, 0.2) is 0 Å². The Morgan fingerprint density at radius 2 is 2.00 bits per heavy atom. The highest BCUT2D eigenvalue weighted by Crippen LogP contribution is 2.29. The molecule has 1 aliphatic heterocycles. The zero-order valence-electron chi connectivity index (χ0n) is 10.6. The van der Waals surface area contributed by atoms with Crippen molar-refractivity contribution in [1.82, 2.24) is 5.32 Å². The molecule has 0 atom stereocenters. The minimum Gasteiger partial charge on any atom is -0.370 e. The number of alkyl halides is 3. The zero-order chi connectivity index (χ0) is 13.7. The average Bonchev–Trinajstić information content (AvgIpc) is 2.64. The van der Waals surface area contributed by atoms with Crippen LogP contribution in [-0.4, -0.2) is 12.4 Å². The first-order valence-corrected chi connectivity index (χ1v) is 6.49. The summed E-state index contributed by atoms with van der Waals surface area (Å²) in [6.07, 6.45) is -0.0454. The molecule has 0 radical (unpaired) electrons. The van der Waals surface area contributed by atoms with E-state index in [0.29, 0.717) is 12.1 Å². The quantitative estimate of drug-likeness (QED) is 0.869. The molecule has 0 amide bonds. The van der Waals surface area contributed by atoms with Gasteiger partial charge in [0.05, 0.1) is 11.4 Å². The highest BCUT2D eigenvalue weighted by atomic mass is 19.4. The summed E-state index contributed by atoms with van der Waals surface area (Å²) in [6, 6.07) is 5.41. The fraction of sp³-hybridized carbons (Fsp3) is 0.500. The van der Waals surface area contributed by atoms with E-state index in [1.807, 2.05) is 0 Å². The Morgan fingerprint density at radius 3 is 2.79 bits per heavy atom. The second-order valence-corrected chi connectivity index (χ2v) is 4.69. The molecule has 1 N–H and O–H groups in total. The summed E-state index contributed by atoms with van der Waals surface area (Å²) in [6.45, 7) is 1.20. The fourth-order valence-electron chi connectivity index (χ4n) is 2.08. The van der Waals surface area contributed by atoms with Gasteiger partial charge < -0.3 is 5.32 Å². The van der Waals surface area contributed by atoms with Crippen molar-refractivity contribution >= 4 is 5.84 Å². The van der Waals surface area contributed by atoms with Crippen molar-refractivity contribution in [2.45, 2.75) is 38.4 Å². The third kappa shape index (κ3) is 4.26. The third-order valence-electron chi connectivity index (χ3n) is 3.13. The second-order valence-electron chi connectivity index (χ2n) is 4.69. The van der Waals surface area contributed by atoms with Gasteiger partial charge in [0.1, 0.15) is 0 Å². The van der Waals surface area contributed by atoms with Gasteiger partial charge in [-0.15, -0.1) is 0 Å². The number of halogens is 3. The molecule has 0 unspecified atom stereocenters. The average molecular weight is 270 g/mol. The normalized spacial score (nSPS) is 16.7. The molecule has 5 heteroatoms. The molecular weight excluding hydrogens is 253 g/mol. The number of hydrogen-bond donors (Lipinski definition) is 1. The predicted molar refractivity (Wildman–Crippen MR) is 69.1 cm³/mol. The van der Waals surface area contributed by atoms with Crippen LogP contribution in [0.1, 0.15) is 36.8 Å². The Morgan fingerprint density at radius 1 is 1.16 bits per heavy atom. The van der Waals surface area contributed by atoms with Gasteiger partial charge >= 0.3 is 6.18 Å². The molecule has 0 aliphatic carbocycles. The van der Waals surface area contributed by atoms with E-state index >= 15 is 0 Å². The first-order valence-electron chi connectivity index (χ1n) is 6.49. The molecule has 2 nitrogen and oxygen atoms in total. The fourth-order valence-corrected chi connectivity index (χ4v) is 2.08. The van der Waals surface area contributed by atoms with Crippen molar-refractivity contribution in [2.75, 3.05) is 6.54 Å². The molecule has 1 aromatic rings. The minimum absolute atomic E-state index is 0.392. The molecule has 0 spiro atoms. The van der Waals surface area contributed by atoms with E-state index in [9.17, 15) is 13.2 Å². The summed E-state index contributed by atoms with van der Waals surface area (Å²) in [5, 5.41) is 3.14. The van der Waals surface area contributed by atoms with Crippen LogP contribution < -0.4 is 5.32 Å². The Labute approximate surface area is 110 Å². The van der Waals surface area contributed by atoms with Gasteiger partial charge in [-0.2, -0.15) is 13.2 Å². The van der Waals surface area contributed by atoms with Gasteiger partial charge in [-0.25, -0.2) is 0 Å². The summed E-state index contributed by atoms with van der Waals surface area (Å²) in [5.74, 6) is 0.912. The van der Waals surface area contributed by atoms with Gasteiger partial charge in [-0.05, 0) is 30.5 Å². The molecule has 1 heterocycles. The number of amidine groups is 1. The van der Waals surface area contributed by atoms with Gasteiger partial charge in [-0.1, -0.05) is 18.6 Å². The van der Waals surface area contributed by atoms with Crippen molar-refractivity contribution in [3.63, 3.8) is 0 Å². The van der Waals surface area contributed by atoms with Gasteiger partial charge in [0.2, 0.25) is 0 Å². The van der Waals surface area contributed by atoms with Crippen LogP contribution in [0.4, 0.5) is 13.2 Å².